The fourth-order valence-corrected chi connectivity index (χ4v) is 6.25. The average molecular weight is 380 g/mol. The maximum absolute atomic E-state index is 13.1. The number of carbonyl (C=O) groups excluding carboxylic acids is 1. The van der Waals surface area contributed by atoms with Crippen LogP contribution < -0.4 is 0 Å². The Morgan fingerprint density at radius 1 is 1.24 bits per heavy atom. The van der Waals surface area contributed by atoms with Crippen molar-refractivity contribution < 1.29 is 4.79 Å². The monoisotopic (exact) mass is 379 g/mol. The Morgan fingerprint density at radius 2 is 2.00 bits per heavy atom. The van der Waals surface area contributed by atoms with Gasteiger partial charge >= 0.3 is 0 Å². The Kier molecular flexibility index (Phi) is 4.36. The van der Waals surface area contributed by atoms with Crippen LogP contribution >= 0.6 is 23.2 Å². The molecule has 1 aliphatic heterocycles. The summed E-state index contributed by atoms with van der Waals surface area (Å²) < 4.78 is 0. The Labute approximate surface area is 160 Å². The van der Waals surface area contributed by atoms with Gasteiger partial charge in [-0.1, -0.05) is 50.0 Å². The predicted molar refractivity (Wildman–Crippen MR) is 103 cm³/mol. The largest absolute Gasteiger partial charge is 0.339 e. The molecule has 0 N–H and O–H groups in total. The lowest BCUT2D eigenvalue weighted by atomic mass is 9.44. The van der Waals surface area contributed by atoms with Gasteiger partial charge < -0.3 is 4.90 Å². The fraction of sp³-hybridized carbons (Fsp3) is 0.667. The zero-order valence-electron chi connectivity index (χ0n) is 15.3. The van der Waals surface area contributed by atoms with Crippen LogP contribution in [0.2, 0.25) is 10.0 Å². The van der Waals surface area contributed by atoms with E-state index in [4.69, 9.17) is 23.2 Å². The molecule has 0 aromatic heterocycles. The average Bonchev–Trinajstić information content (AvgIpc) is 2.90. The van der Waals surface area contributed by atoms with Gasteiger partial charge in [-0.15, -0.1) is 0 Å². The van der Waals surface area contributed by atoms with Crippen molar-refractivity contribution in [2.45, 2.75) is 52.5 Å². The molecule has 2 nitrogen and oxygen atoms in total. The van der Waals surface area contributed by atoms with Gasteiger partial charge in [-0.3, -0.25) is 4.79 Å². The molecule has 0 spiro atoms. The summed E-state index contributed by atoms with van der Waals surface area (Å²) in [6.07, 6.45) is 4.21. The van der Waals surface area contributed by atoms with Gasteiger partial charge in [0.2, 0.25) is 5.91 Å². The van der Waals surface area contributed by atoms with Crippen molar-refractivity contribution in [3.63, 3.8) is 0 Å². The van der Waals surface area contributed by atoms with Gasteiger partial charge in [0.25, 0.3) is 0 Å². The number of fused-ring (bicyclic) bond motifs is 2. The molecule has 3 aliphatic carbocycles. The number of hydrogen-bond acceptors (Lipinski definition) is 1. The zero-order chi connectivity index (χ0) is 17.9. The molecular weight excluding hydrogens is 353 g/mol. The second kappa shape index (κ2) is 6.16. The summed E-state index contributed by atoms with van der Waals surface area (Å²) in [5.41, 5.74) is 1.50. The lowest BCUT2D eigenvalue weighted by Gasteiger charge is -2.63. The van der Waals surface area contributed by atoms with Gasteiger partial charge in [0.1, 0.15) is 0 Å². The molecule has 1 saturated heterocycles. The molecule has 3 saturated carbocycles. The van der Waals surface area contributed by atoms with E-state index in [0.29, 0.717) is 33.3 Å². The van der Waals surface area contributed by atoms with Crippen molar-refractivity contribution in [3.8, 4) is 0 Å². The van der Waals surface area contributed by atoms with Crippen LogP contribution in [0.1, 0.15) is 45.6 Å². The first-order chi connectivity index (χ1) is 11.8. The van der Waals surface area contributed by atoms with Gasteiger partial charge in [-0.05, 0) is 66.5 Å². The second-order valence-corrected chi connectivity index (χ2v) is 9.82. The maximum atomic E-state index is 13.1. The van der Waals surface area contributed by atoms with Crippen LogP contribution in [0.25, 0.3) is 0 Å². The SMILES string of the molecule is CC1C(N2CCC(Cc3ccc(Cl)cc3Cl)C2=O)CC2CC1C2(C)C. The standard InChI is InChI=1S/C21H27Cl2NO/c1-12-17-9-15(21(17,2)3)10-19(12)24-7-6-14(20(24)25)8-13-4-5-16(22)11-18(13)23/h4-5,11-12,14-15,17,19H,6-10H2,1-3H3. The van der Waals surface area contributed by atoms with Crippen LogP contribution in [0.4, 0.5) is 0 Å². The molecule has 2 bridgehead atoms. The highest BCUT2D eigenvalue weighted by Crippen LogP contribution is 2.62. The summed E-state index contributed by atoms with van der Waals surface area (Å²) in [5.74, 6) is 2.58. The molecule has 5 rings (SSSR count). The Bertz CT molecular complexity index is 701. The van der Waals surface area contributed by atoms with Gasteiger partial charge in [-0.2, -0.15) is 0 Å². The van der Waals surface area contributed by atoms with E-state index in [2.05, 4.69) is 25.7 Å². The lowest BCUT2D eigenvalue weighted by Crippen LogP contribution is -2.61. The number of amides is 1. The minimum Gasteiger partial charge on any atom is -0.339 e. The third kappa shape index (κ3) is 2.80. The minimum absolute atomic E-state index is 0.0668. The molecule has 4 aliphatic rings. The van der Waals surface area contributed by atoms with Gasteiger partial charge in [-0.25, -0.2) is 0 Å². The molecule has 0 radical (unpaired) electrons. The van der Waals surface area contributed by atoms with E-state index in [9.17, 15) is 4.79 Å². The molecule has 4 fully saturated rings. The van der Waals surface area contributed by atoms with Crippen molar-refractivity contribution in [1.82, 2.24) is 4.90 Å². The van der Waals surface area contributed by atoms with E-state index in [1.165, 1.54) is 12.8 Å². The molecule has 5 unspecified atom stereocenters. The van der Waals surface area contributed by atoms with E-state index in [1.807, 2.05) is 12.1 Å². The van der Waals surface area contributed by atoms with E-state index < -0.39 is 0 Å². The predicted octanol–water partition coefficient (Wildman–Crippen LogP) is 5.46. The number of carbonyl (C=O) groups is 1. The zero-order valence-corrected chi connectivity index (χ0v) is 16.8. The second-order valence-electron chi connectivity index (χ2n) is 8.98. The summed E-state index contributed by atoms with van der Waals surface area (Å²) >= 11 is 12.3. The van der Waals surface area contributed by atoms with Gasteiger partial charge in [0.05, 0.1) is 0 Å². The topological polar surface area (TPSA) is 20.3 Å². The quantitative estimate of drug-likeness (QED) is 0.682. The van der Waals surface area contributed by atoms with E-state index >= 15 is 0 Å². The van der Waals surface area contributed by atoms with Crippen LogP contribution in [0.15, 0.2) is 18.2 Å². The molecule has 25 heavy (non-hydrogen) atoms. The van der Waals surface area contributed by atoms with E-state index in [-0.39, 0.29) is 5.92 Å². The molecule has 1 aromatic carbocycles. The molecule has 1 amide bonds. The third-order valence-electron chi connectivity index (χ3n) is 7.55. The summed E-state index contributed by atoms with van der Waals surface area (Å²) in [5, 5.41) is 1.32. The molecule has 1 aromatic rings. The van der Waals surface area contributed by atoms with Crippen LogP contribution in [0.3, 0.4) is 0 Å². The fourth-order valence-electron chi connectivity index (χ4n) is 5.77. The normalized spacial score (nSPS) is 36.4. The van der Waals surface area contributed by atoms with Crippen molar-refractivity contribution in [1.29, 1.82) is 0 Å². The van der Waals surface area contributed by atoms with Gasteiger partial charge in [0, 0.05) is 28.5 Å². The van der Waals surface area contributed by atoms with E-state index in [1.54, 1.807) is 6.07 Å². The number of nitrogens with zero attached hydrogens (tertiary/aromatic N) is 1. The number of hydrogen-bond donors (Lipinski definition) is 0. The number of likely N-dealkylation sites (tertiary alicyclic amines) is 1. The van der Waals surface area contributed by atoms with Gasteiger partial charge in [0.15, 0.2) is 0 Å². The summed E-state index contributed by atoms with van der Waals surface area (Å²) in [6.45, 7) is 8.10. The molecule has 5 atom stereocenters. The summed E-state index contributed by atoms with van der Waals surface area (Å²) in [6, 6.07) is 6.03. The maximum Gasteiger partial charge on any atom is 0.226 e. The smallest absolute Gasteiger partial charge is 0.226 e. The van der Waals surface area contributed by atoms with E-state index in [0.717, 1.165) is 36.8 Å². The van der Waals surface area contributed by atoms with Crippen molar-refractivity contribution in [2.75, 3.05) is 6.54 Å². The molecule has 136 valence electrons. The Hall–Kier alpha value is -0.730. The van der Waals surface area contributed by atoms with Crippen molar-refractivity contribution in [2.24, 2.45) is 29.1 Å². The third-order valence-corrected chi connectivity index (χ3v) is 8.13. The molecule has 4 heteroatoms. The van der Waals surface area contributed by atoms with Crippen LogP contribution in [0.5, 0.6) is 0 Å². The highest BCUT2D eigenvalue weighted by Gasteiger charge is 2.58. The van der Waals surface area contributed by atoms with Crippen molar-refractivity contribution >= 4 is 29.1 Å². The molecule has 1 heterocycles. The van der Waals surface area contributed by atoms with Crippen molar-refractivity contribution in [3.05, 3.63) is 33.8 Å². The first-order valence-electron chi connectivity index (χ1n) is 9.53. The highest BCUT2D eigenvalue weighted by molar-refractivity contribution is 6.35. The Morgan fingerprint density at radius 3 is 2.64 bits per heavy atom. The first kappa shape index (κ1) is 17.7. The lowest BCUT2D eigenvalue weighted by molar-refractivity contribution is -0.155. The first-order valence-corrected chi connectivity index (χ1v) is 10.3. The van der Waals surface area contributed by atoms with Crippen LogP contribution in [0, 0.1) is 29.1 Å². The molecular formula is C21H27Cl2NO. The summed E-state index contributed by atoms with van der Waals surface area (Å²) in [4.78, 5) is 15.3. The minimum atomic E-state index is 0.0668. The van der Waals surface area contributed by atoms with Crippen LogP contribution in [-0.4, -0.2) is 23.4 Å². The highest BCUT2D eigenvalue weighted by atomic mass is 35.5. The number of halogens is 2. The number of rotatable bonds is 3. The van der Waals surface area contributed by atoms with Crippen LogP contribution in [-0.2, 0) is 11.2 Å². The summed E-state index contributed by atoms with van der Waals surface area (Å²) in [7, 11) is 0. The Balaban J connectivity index is 1.45. The number of benzene rings is 1.